The van der Waals surface area contributed by atoms with E-state index < -0.39 is 0 Å². The topological polar surface area (TPSA) is 53.9 Å². The van der Waals surface area contributed by atoms with Crippen LogP contribution in [0.1, 0.15) is 36.0 Å². The highest BCUT2D eigenvalue weighted by Crippen LogP contribution is 2.30. The molecule has 0 amide bonds. The third kappa shape index (κ3) is 2.02. The summed E-state index contributed by atoms with van der Waals surface area (Å²) in [5.41, 5.74) is 3.43. The molecule has 3 aromatic rings. The highest BCUT2D eigenvalue weighted by atomic mass is 16.3. The summed E-state index contributed by atoms with van der Waals surface area (Å²) in [6, 6.07) is 10.6. The molecule has 0 aliphatic heterocycles. The smallest absolute Gasteiger partial charge is 0.121 e. The molecule has 0 fully saturated rings. The van der Waals surface area contributed by atoms with Crippen LogP contribution in [0.5, 0.6) is 0 Å². The second-order valence-corrected chi connectivity index (χ2v) is 5.33. The van der Waals surface area contributed by atoms with E-state index in [0.717, 1.165) is 42.0 Å². The molecule has 1 unspecified atom stereocenters. The number of hydrogen-bond donors (Lipinski definition) is 2. The van der Waals surface area contributed by atoms with E-state index in [-0.39, 0.29) is 0 Å². The van der Waals surface area contributed by atoms with Crippen LogP contribution < -0.4 is 5.32 Å². The van der Waals surface area contributed by atoms with Gasteiger partial charge in [-0.15, -0.1) is 0 Å². The molecular formula is C16H17N3O. The van der Waals surface area contributed by atoms with Crippen LogP contribution >= 0.6 is 0 Å². The van der Waals surface area contributed by atoms with Gasteiger partial charge in [0.25, 0.3) is 0 Å². The monoisotopic (exact) mass is 267 g/mol. The molecular weight excluding hydrogens is 250 g/mol. The number of fused-ring (bicyclic) bond motifs is 2. The predicted molar refractivity (Wildman–Crippen MR) is 77.3 cm³/mol. The van der Waals surface area contributed by atoms with Gasteiger partial charge in [-0.2, -0.15) is 0 Å². The molecule has 0 radical (unpaired) electrons. The molecule has 4 heteroatoms. The number of benzene rings is 1. The maximum absolute atomic E-state index is 5.52. The van der Waals surface area contributed by atoms with Crippen molar-refractivity contribution in [3.63, 3.8) is 0 Å². The normalized spacial score (nSPS) is 18.3. The lowest BCUT2D eigenvalue weighted by atomic mass is 9.93. The number of imidazole rings is 1. The van der Waals surface area contributed by atoms with Gasteiger partial charge in [0.1, 0.15) is 11.6 Å². The lowest BCUT2D eigenvalue weighted by molar-refractivity contribution is 0.408. The van der Waals surface area contributed by atoms with Gasteiger partial charge in [0.05, 0.1) is 23.8 Å². The molecule has 1 aliphatic carbocycles. The van der Waals surface area contributed by atoms with Gasteiger partial charge in [0, 0.05) is 18.0 Å². The number of hydrogen-bond acceptors (Lipinski definition) is 3. The van der Waals surface area contributed by atoms with Crippen molar-refractivity contribution < 1.29 is 4.42 Å². The van der Waals surface area contributed by atoms with E-state index in [1.165, 1.54) is 12.0 Å². The Morgan fingerprint density at radius 2 is 2.25 bits per heavy atom. The van der Waals surface area contributed by atoms with Crippen molar-refractivity contribution >= 4 is 11.0 Å². The van der Waals surface area contributed by atoms with Gasteiger partial charge in [0.2, 0.25) is 0 Å². The Morgan fingerprint density at radius 1 is 1.30 bits per heavy atom. The van der Waals surface area contributed by atoms with Crippen molar-refractivity contribution in [3.8, 4) is 0 Å². The molecule has 2 N–H and O–H groups in total. The van der Waals surface area contributed by atoms with Gasteiger partial charge in [0.15, 0.2) is 0 Å². The molecule has 20 heavy (non-hydrogen) atoms. The predicted octanol–water partition coefficient (Wildman–Crippen LogP) is 3.32. The second-order valence-electron chi connectivity index (χ2n) is 5.33. The molecule has 1 aromatic carbocycles. The van der Waals surface area contributed by atoms with Gasteiger partial charge >= 0.3 is 0 Å². The van der Waals surface area contributed by atoms with Crippen LogP contribution in [0.4, 0.5) is 0 Å². The van der Waals surface area contributed by atoms with E-state index in [4.69, 9.17) is 4.42 Å². The van der Waals surface area contributed by atoms with Crippen molar-refractivity contribution in [1.82, 2.24) is 15.3 Å². The first-order valence-corrected chi connectivity index (χ1v) is 7.13. The maximum Gasteiger partial charge on any atom is 0.121 e. The fourth-order valence-corrected chi connectivity index (χ4v) is 3.01. The minimum Gasteiger partial charge on any atom is -0.469 e. The fourth-order valence-electron chi connectivity index (χ4n) is 3.01. The number of furan rings is 1. The van der Waals surface area contributed by atoms with Crippen LogP contribution in [0.3, 0.4) is 0 Å². The third-order valence-corrected chi connectivity index (χ3v) is 4.01. The van der Waals surface area contributed by atoms with Crippen molar-refractivity contribution in [2.24, 2.45) is 0 Å². The summed E-state index contributed by atoms with van der Waals surface area (Å²) in [5, 5.41) is 3.59. The Kier molecular flexibility index (Phi) is 2.81. The van der Waals surface area contributed by atoms with Crippen LogP contribution in [0.15, 0.2) is 41.0 Å². The Labute approximate surface area is 117 Å². The fraction of sp³-hybridized carbons (Fsp3) is 0.312. The highest BCUT2D eigenvalue weighted by molar-refractivity contribution is 5.74. The van der Waals surface area contributed by atoms with Crippen LogP contribution in [0.25, 0.3) is 11.0 Å². The quantitative estimate of drug-likeness (QED) is 0.765. The first kappa shape index (κ1) is 11.7. The number of H-pyrrole nitrogens is 1. The maximum atomic E-state index is 5.52. The average Bonchev–Trinajstić information content (AvgIpc) is 3.11. The Morgan fingerprint density at radius 3 is 3.20 bits per heavy atom. The molecule has 2 heterocycles. The molecule has 4 rings (SSSR count). The lowest BCUT2D eigenvalue weighted by Crippen LogP contribution is -2.24. The van der Waals surface area contributed by atoms with E-state index in [1.54, 1.807) is 6.26 Å². The van der Waals surface area contributed by atoms with Crippen LogP contribution in [-0.4, -0.2) is 9.97 Å². The SMILES string of the molecule is c1ccc2[nH]c(CNC3CCCc4occc43)nc2c1. The summed E-state index contributed by atoms with van der Waals surface area (Å²) in [4.78, 5) is 7.96. The summed E-state index contributed by atoms with van der Waals surface area (Å²) in [5.74, 6) is 2.13. The van der Waals surface area contributed by atoms with Crippen molar-refractivity contribution in [3.05, 3.63) is 53.7 Å². The number of nitrogens with one attached hydrogen (secondary N) is 2. The largest absolute Gasteiger partial charge is 0.469 e. The minimum atomic E-state index is 0.380. The standard InChI is InChI=1S/C16H17N3O/c1-2-5-14-13(4-1)18-16(19-14)10-17-12-6-3-7-15-11(12)8-9-20-15/h1-2,4-5,8-9,12,17H,3,6-7,10H2,(H,18,19). The third-order valence-electron chi connectivity index (χ3n) is 4.01. The lowest BCUT2D eigenvalue weighted by Gasteiger charge is -2.22. The zero-order valence-corrected chi connectivity index (χ0v) is 11.2. The summed E-state index contributed by atoms with van der Waals surface area (Å²) in [7, 11) is 0. The zero-order chi connectivity index (χ0) is 13.4. The molecule has 1 aliphatic rings. The Balaban J connectivity index is 1.51. The van der Waals surface area contributed by atoms with Gasteiger partial charge < -0.3 is 14.7 Å². The molecule has 0 spiro atoms. The summed E-state index contributed by atoms with van der Waals surface area (Å²) in [6.07, 6.45) is 5.20. The van der Waals surface area contributed by atoms with Crippen molar-refractivity contribution in [2.75, 3.05) is 0 Å². The summed E-state index contributed by atoms with van der Waals surface area (Å²) < 4.78 is 5.52. The summed E-state index contributed by atoms with van der Waals surface area (Å²) in [6.45, 7) is 0.754. The number of para-hydroxylation sites is 2. The molecule has 0 bridgehead atoms. The average molecular weight is 267 g/mol. The van der Waals surface area contributed by atoms with E-state index in [1.807, 2.05) is 18.2 Å². The van der Waals surface area contributed by atoms with Crippen molar-refractivity contribution in [1.29, 1.82) is 0 Å². The Bertz CT molecular complexity index is 695. The van der Waals surface area contributed by atoms with Crippen LogP contribution in [0, 0.1) is 0 Å². The van der Waals surface area contributed by atoms with Crippen LogP contribution in [-0.2, 0) is 13.0 Å². The number of aromatic nitrogens is 2. The number of aromatic amines is 1. The van der Waals surface area contributed by atoms with Crippen molar-refractivity contribution in [2.45, 2.75) is 31.8 Å². The number of rotatable bonds is 3. The van der Waals surface area contributed by atoms with E-state index >= 15 is 0 Å². The number of aryl methyl sites for hydroxylation is 1. The first-order chi connectivity index (χ1) is 9.90. The molecule has 0 saturated heterocycles. The molecule has 4 nitrogen and oxygen atoms in total. The van der Waals surface area contributed by atoms with Crippen LogP contribution in [0.2, 0.25) is 0 Å². The molecule has 102 valence electrons. The van der Waals surface area contributed by atoms with E-state index in [0.29, 0.717) is 6.04 Å². The minimum absolute atomic E-state index is 0.380. The Hall–Kier alpha value is -2.07. The second kappa shape index (κ2) is 4.80. The van der Waals surface area contributed by atoms with Gasteiger partial charge in [-0.1, -0.05) is 12.1 Å². The molecule has 2 aromatic heterocycles. The van der Waals surface area contributed by atoms with Gasteiger partial charge in [-0.05, 0) is 31.0 Å². The zero-order valence-electron chi connectivity index (χ0n) is 11.2. The van der Waals surface area contributed by atoms with E-state index in [9.17, 15) is 0 Å². The summed E-state index contributed by atoms with van der Waals surface area (Å²) >= 11 is 0. The number of nitrogens with zero attached hydrogens (tertiary/aromatic N) is 1. The van der Waals surface area contributed by atoms with Gasteiger partial charge in [-0.25, -0.2) is 4.98 Å². The van der Waals surface area contributed by atoms with Gasteiger partial charge in [-0.3, -0.25) is 0 Å². The van der Waals surface area contributed by atoms with E-state index in [2.05, 4.69) is 27.4 Å². The molecule has 0 saturated carbocycles. The highest BCUT2D eigenvalue weighted by Gasteiger charge is 2.22. The molecule has 1 atom stereocenters. The first-order valence-electron chi connectivity index (χ1n) is 7.13.